The van der Waals surface area contributed by atoms with Crippen LogP contribution in [-0.4, -0.2) is 51.3 Å². The van der Waals surface area contributed by atoms with Crippen LogP contribution in [0.2, 0.25) is 0 Å². The summed E-state index contributed by atoms with van der Waals surface area (Å²) in [6, 6.07) is 0. The van der Waals surface area contributed by atoms with E-state index >= 15 is 0 Å². The molecular weight excluding hydrogens is 262 g/mol. The monoisotopic (exact) mass is 283 g/mol. The maximum absolute atomic E-state index is 11.2. The molecule has 0 radical (unpaired) electrons. The van der Waals surface area contributed by atoms with Crippen LogP contribution in [0.15, 0.2) is 6.20 Å². The van der Waals surface area contributed by atoms with Gasteiger partial charge in [0.1, 0.15) is 0 Å². The van der Waals surface area contributed by atoms with Crippen LogP contribution in [-0.2, 0) is 11.3 Å². The zero-order chi connectivity index (χ0) is 15.1. The van der Waals surface area contributed by atoms with Gasteiger partial charge in [-0.15, -0.1) is 5.10 Å². The van der Waals surface area contributed by atoms with Crippen molar-refractivity contribution in [2.45, 2.75) is 20.4 Å². The van der Waals surface area contributed by atoms with Gasteiger partial charge in [0.15, 0.2) is 5.69 Å². The average molecular weight is 283 g/mol. The number of hydrogen-bond acceptors (Lipinski definition) is 6. The lowest BCUT2D eigenvalue weighted by molar-refractivity contribution is -0.119. The first-order chi connectivity index (χ1) is 9.42. The third-order valence-corrected chi connectivity index (χ3v) is 2.55. The second-order valence-corrected chi connectivity index (χ2v) is 4.94. The molecule has 0 saturated heterocycles. The van der Waals surface area contributed by atoms with Gasteiger partial charge in [0.05, 0.1) is 19.3 Å². The minimum Gasteiger partial charge on any atom is -0.369 e. The minimum absolute atomic E-state index is 0.151. The average Bonchev–Trinajstić information content (AvgIpc) is 2.82. The highest BCUT2D eigenvalue weighted by molar-refractivity contribution is 5.91. The van der Waals surface area contributed by atoms with Crippen molar-refractivity contribution in [1.29, 1.82) is 0 Å². The molecule has 1 aromatic heterocycles. The Kier molecular flexibility index (Phi) is 6.07. The maximum Gasteiger partial charge on any atom is 0.287 e. The molecule has 0 aliphatic carbocycles. The van der Waals surface area contributed by atoms with Crippen LogP contribution in [0.1, 0.15) is 24.3 Å². The summed E-state index contributed by atoms with van der Waals surface area (Å²) in [6.07, 6.45) is 1.50. The number of aromatic nitrogens is 3. The Morgan fingerprint density at radius 2 is 2.20 bits per heavy atom. The van der Waals surface area contributed by atoms with E-state index in [1.54, 1.807) is 0 Å². The summed E-state index contributed by atoms with van der Waals surface area (Å²) in [6.45, 7) is 6.18. The molecule has 0 atom stereocenters. The molecule has 0 unspecified atom stereocenters. The van der Waals surface area contributed by atoms with E-state index in [4.69, 9.17) is 11.6 Å². The largest absolute Gasteiger partial charge is 0.369 e. The van der Waals surface area contributed by atoms with Crippen molar-refractivity contribution in [3.8, 4) is 0 Å². The van der Waals surface area contributed by atoms with Crippen molar-refractivity contribution in [3.05, 3.63) is 11.9 Å². The summed E-state index contributed by atoms with van der Waals surface area (Å²) in [5.41, 5.74) is 7.35. The van der Waals surface area contributed by atoms with Gasteiger partial charge >= 0.3 is 0 Å². The molecule has 0 aliphatic rings. The van der Waals surface area contributed by atoms with Crippen LogP contribution in [0, 0.1) is 5.92 Å². The van der Waals surface area contributed by atoms with Gasteiger partial charge in [-0.2, -0.15) is 0 Å². The van der Waals surface area contributed by atoms with Gasteiger partial charge in [-0.3, -0.25) is 24.6 Å². The second kappa shape index (κ2) is 7.56. The number of nitrogens with one attached hydrogen (secondary N) is 1. The van der Waals surface area contributed by atoms with Gasteiger partial charge in [0, 0.05) is 13.1 Å². The lowest BCUT2D eigenvalue weighted by atomic mass is 10.2. The number of carbonyl (C=O) groups excluding carboxylic acids is 2. The molecule has 0 aliphatic heterocycles. The van der Waals surface area contributed by atoms with Crippen LogP contribution in [0.5, 0.6) is 0 Å². The molecule has 0 spiro atoms. The molecule has 1 aromatic rings. The fourth-order valence-electron chi connectivity index (χ4n) is 1.80. The van der Waals surface area contributed by atoms with E-state index in [0.717, 1.165) is 6.54 Å². The third kappa shape index (κ3) is 5.33. The molecule has 20 heavy (non-hydrogen) atoms. The molecule has 112 valence electrons. The summed E-state index contributed by atoms with van der Waals surface area (Å²) < 4.78 is 1.53. The zero-order valence-corrected chi connectivity index (χ0v) is 11.7. The first kappa shape index (κ1) is 16.1. The molecule has 0 aromatic carbocycles. The normalized spacial score (nSPS) is 11.1. The van der Waals surface area contributed by atoms with E-state index in [0.29, 0.717) is 19.0 Å². The predicted octanol–water partition coefficient (Wildman–Crippen LogP) is -1.68. The molecule has 0 saturated carbocycles. The van der Waals surface area contributed by atoms with Crippen molar-refractivity contribution < 1.29 is 9.59 Å². The number of nitrogen functional groups attached to an aromatic ring is 1. The number of rotatable bonds is 8. The Balaban J connectivity index is 2.55. The fourth-order valence-corrected chi connectivity index (χ4v) is 1.80. The highest BCUT2D eigenvalue weighted by Crippen LogP contribution is 2.00. The topological polar surface area (TPSA) is 132 Å². The van der Waals surface area contributed by atoms with Crippen molar-refractivity contribution in [3.63, 3.8) is 0 Å². The number of hydrogen-bond donors (Lipinski definition) is 3. The summed E-state index contributed by atoms with van der Waals surface area (Å²) in [7, 11) is 0. The van der Waals surface area contributed by atoms with Gasteiger partial charge in [-0.05, 0) is 5.92 Å². The number of amides is 2. The van der Waals surface area contributed by atoms with Gasteiger partial charge in [0.2, 0.25) is 5.91 Å². The van der Waals surface area contributed by atoms with E-state index in [-0.39, 0.29) is 18.1 Å². The molecule has 0 bridgehead atoms. The highest BCUT2D eigenvalue weighted by Gasteiger charge is 2.12. The van der Waals surface area contributed by atoms with Crippen molar-refractivity contribution in [2.24, 2.45) is 17.5 Å². The van der Waals surface area contributed by atoms with Gasteiger partial charge in [-0.1, -0.05) is 19.1 Å². The molecular formula is C11H21N7O2. The Hall–Kier alpha value is -2.00. The lowest BCUT2D eigenvalue weighted by Gasteiger charge is -2.22. The Morgan fingerprint density at radius 3 is 2.75 bits per heavy atom. The molecule has 9 heteroatoms. The SMILES string of the molecule is CC(C)CN(CCn1cc(C(=O)NN)nn1)CC(N)=O. The van der Waals surface area contributed by atoms with Gasteiger partial charge in [-0.25, -0.2) is 5.84 Å². The van der Waals surface area contributed by atoms with Crippen molar-refractivity contribution >= 4 is 11.8 Å². The van der Waals surface area contributed by atoms with Crippen LogP contribution < -0.4 is 17.0 Å². The van der Waals surface area contributed by atoms with Gasteiger partial charge < -0.3 is 5.73 Å². The smallest absolute Gasteiger partial charge is 0.287 e. The van der Waals surface area contributed by atoms with Crippen molar-refractivity contribution in [1.82, 2.24) is 25.3 Å². The highest BCUT2D eigenvalue weighted by atomic mass is 16.2. The number of primary amides is 1. The van der Waals surface area contributed by atoms with Crippen LogP contribution in [0.25, 0.3) is 0 Å². The predicted molar refractivity (Wildman–Crippen MR) is 72.1 cm³/mol. The quantitative estimate of drug-likeness (QED) is 0.297. The molecule has 1 rings (SSSR count). The van der Waals surface area contributed by atoms with E-state index < -0.39 is 5.91 Å². The molecule has 9 nitrogen and oxygen atoms in total. The Labute approximate surface area is 117 Å². The molecule has 2 amide bonds. The summed E-state index contributed by atoms with van der Waals surface area (Å²) in [5.74, 6) is 4.57. The third-order valence-electron chi connectivity index (χ3n) is 2.55. The summed E-state index contributed by atoms with van der Waals surface area (Å²) in [5, 5.41) is 7.52. The standard InChI is InChI=1S/C11H21N7O2/c1-8(2)5-17(7-10(12)19)3-4-18-6-9(15-16-18)11(20)14-13/h6,8H,3-5,7,13H2,1-2H3,(H2,12,19)(H,14,20). The van der Waals surface area contributed by atoms with E-state index in [2.05, 4.69) is 24.2 Å². The van der Waals surface area contributed by atoms with Crippen LogP contribution in [0.3, 0.4) is 0 Å². The fraction of sp³-hybridized carbons (Fsp3) is 0.636. The van der Waals surface area contributed by atoms with Crippen LogP contribution in [0.4, 0.5) is 0 Å². The lowest BCUT2D eigenvalue weighted by Crippen LogP contribution is -2.38. The first-order valence-corrected chi connectivity index (χ1v) is 6.34. The number of carbonyl (C=O) groups is 2. The Bertz CT molecular complexity index is 457. The molecule has 1 heterocycles. The second-order valence-electron chi connectivity index (χ2n) is 4.94. The first-order valence-electron chi connectivity index (χ1n) is 6.34. The van der Waals surface area contributed by atoms with Crippen molar-refractivity contribution in [2.75, 3.05) is 19.6 Å². The summed E-state index contributed by atoms with van der Waals surface area (Å²) in [4.78, 5) is 24.2. The molecule has 5 N–H and O–H groups in total. The minimum atomic E-state index is -0.493. The maximum atomic E-state index is 11.2. The van der Waals surface area contributed by atoms with Gasteiger partial charge in [0.25, 0.3) is 5.91 Å². The number of hydrazine groups is 1. The van der Waals surface area contributed by atoms with E-state index in [1.165, 1.54) is 10.9 Å². The Morgan fingerprint density at radius 1 is 1.50 bits per heavy atom. The summed E-state index contributed by atoms with van der Waals surface area (Å²) >= 11 is 0. The molecule has 0 fully saturated rings. The van der Waals surface area contributed by atoms with E-state index in [9.17, 15) is 9.59 Å². The number of nitrogens with two attached hydrogens (primary N) is 2. The zero-order valence-electron chi connectivity index (χ0n) is 11.7. The number of nitrogens with zero attached hydrogens (tertiary/aromatic N) is 4. The van der Waals surface area contributed by atoms with E-state index in [1.807, 2.05) is 10.3 Å². The van der Waals surface area contributed by atoms with Crippen LogP contribution >= 0.6 is 0 Å².